The van der Waals surface area contributed by atoms with Gasteiger partial charge in [0.1, 0.15) is 6.04 Å². The van der Waals surface area contributed by atoms with Gasteiger partial charge < -0.3 is 9.80 Å². The lowest BCUT2D eigenvalue weighted by Gasteiger charge is -2.41. The first-order valence-electron chi connectivity index (χ1n) is 11.0. The zero-order valence-electron chi connectivity index (χ0n) is 17.8. The number of hydrogen-bond donors (Lipinski definition) is 0. The molecule has 2 atom stereocenters. The second-order valence-electron chi connectivity index (χ2n) is 8.28. The molecule has 1 fully saturated rings. The number of hydrogen-bond acceptors (Lipinski definition) is 3. The fraction of sp³-hybridized carbons (Fsp3) is 0.346. The van der Waals surface area contributed by atoms with Crippen LogP contribution < -0.4 is 0 Å². The van der Waals surface area contributed by atoms with Gasteiger partial charge in [-0.3, -0.25) is 14.6 Å². The molecular formula is C26H29N3O2. The highest BCUT2D eigenvalue weighted by atomic mass is 16.2. The average Bonchev–Trinajstić information content (AvgIpc) is 3.31. The smallest absolute Gasteiger partial charge is 0.246 e. The van der Waals surface area contributed by atoms with Gasteiger partial charge in [-0.1, -0.05) is 42.5 Å². The molecular weight excluding hydrogens is 386 g/mol. The third kappa shape index (κ3) is 4.93. The van der Waals surface area contributed by atoms with Gasteiger partial charge in [-0.25, -0.2) is 0 Å². The predicted octanol–water partition coefficient (Wildman–Crippen LogP) is 3.87. The molecule has 1 aromatic heterocycles. The minimum absolute atomic E-state index is 0.0136. The lowest BCUT2D eigenvalue weighted by Crippen LogP contribution is -2.59. The fourth-order valence-electron chi connectivity index (χ4n) is 4.48. The monoisotopic (exact) mass is 415 g/mol. The number of rotatable bonds is 7. The molecule has 0 spiro atoms. The van der Waals surface area contributed by atoms with E-state index in [9.17, 15) is 9.59 Å². The van der Waals surface area contributed by atoms with Crippen molar-refractivity contribution < 1.29 is 9.59 Å². The van der Waals surface area contributed by atoms with Gasteiger partial charge >= 0.3 is 0 Å². The maximum absolute atomic E-state index is 13.2. The Kier molecular flexibility index (Phi) is 6.60. The predicted molar refractivity (Wildman–Crippen MR) is 122 cm³/mol. The molecule has 160 valence electrons. The maximum Gasteiger partial charge on any atom is 0.246 e. The van der Waals surface area contributed by atoms with Crippen LogP contribution in [-0.2, 0) is 16.0 Å². The van der Waals surface area contributed by atoms with E-state index >= 15 is 0 Å². The summed E-state index contributed by atoms with van der Waals surface area (Å²) in [5.74, 6) is 0.398. The number of amides is 2. The first-order valence-corrected chi connectivity index (χ1v) is 11.0. The minimum Gasteiger partial charge on any atom is -0.335 e. The van der Waals surface area contributed by atoms with Crippen LogP contribution in [0.4, 0.5) is 0 Å². The first kappa shape index (κ1) is 21.0. The number of benzene rings is 1. The van der Waals surface area contributed by atoms with E-state index in [1.54, 1.807) is 18.5 Å². The molecule has 31 heavy (non-hydrogen) atoms. The van der Waals surface area contributed by atoms with Gasteiger partial charge in [-0.05, 0) is 47.6 Å². The van der Waals surface area contributed by atoms with E-state index in [0.29, 0.717) is 38.4 Å². The number of allylic oxidation sites excluding steroid dienone is 2. The van der Waals surface area contributed by atoms with Crippen LogP contribution in [0.5, 0.6) is 0 Å². The van der Waals surface area contributed by atoms with Gasteiger partial charge in [-0.15, -0.1) is 6.58 Å². The molecule has 2 aliphatic rings. The summed E-state index contributed by atoms with van der Waals surface area (Å²) in [6.07, 6.45) is 12.7. The van der Waals surface area contributed by atoms with Crippen molar-refractivity contribution in [1.29, 1.82) is 0 Å². The second-order valence-corrected chi connectivity index (χ2v) is 8.28. The average molecular weight is 416 g/mol. The van der Waals surface area contributed by atoms with Crippen LogP contribution in [-0.4, -0.2) is 52.3 Å². The molecule has 2 heterocycles. The van der Waals surface area contributed by atoms with Gasteiger partial charge in [0.25, 0.3) is 0 Å². The summed E-state index contributed by atoms with van der Waals surface area (Å²) in [7, 11) is 0. The first-order chi connectivity index (χ1) is 15.2. The highest BCUT2D eigenvalue weighted by Gasteiger charge is 2.37. The Labute approximate surface area is 184 Å². The quantitative estimate of drug-likeness (QED) is 0.645. The van der Waals surface area contributed by atoms with E-state index in [-0.39, 0.29) is 11.8 Å². The van der Waals surface area contributed by atoms with Crippen LogP contribution in [0.15, 0.2) is 73.6 Å². The van der Waals surface area contributed by atoms with Crippen molar-refractivity contribution in [2.45, 2.75) is 31.7 Å². The van der Waals surface area contributed by atoms with Crippen molar-refractivity contribution in [1.82, 2.24) is 14.8 Å². The Morgan fingerprint density at radius 3 is 2.52 bits per heavy atom. The summed E-state index contributed by atoms with van der Waals surface area (Å²) in [4.78, 5) is 34.0. The highest BCUT2D eigenvalue weighted by Crippen LogP contribution is 2.25. The van der Waals surface area contributed by atoms with E-state index in [1.807, 2.05) is 21.9 Å². The SMILES string of the molecule is C=CCN1CCN(C(=O)C[C@@H]2C=CCC2)[C@@H](Cc2ccc(-c3ccncc3)cc2)C1=O. The van der Waals surface area contributed by atoms with Gasteiger partial charge in [0.15, 0.2) is 0 Å². The summed E-state index contributed by atoms with van der Waals surface area (Å²) in [5, 5.41) is 0. The Morgan fingerprint density at radius 1 is 1.10 bits per heavy atom. The van der Waals surface area contributed by atoms with E-state index in [0.717, 1.165) is 29.5 Å². The molecule has 1 aromatic carbocycles. The summed E-state index contributed by atoms with van der Waals surface area (Å²) in [6, 6.07) is 11.7. The highest BCUT2D eigenvalue weighted by molar-refractivity contribution is 5.89. The normalized spacial score (nSPS) is 20.8. The van der Waals surface area contributed by atoms with Crippen molar-refractivity contribution in [3.8, 4) is 11.1 Å². The molecule has 5 nitrogen and oxygen atoms in total. The molecule has 0 unspecified atom stereocenters. The summed E-state index contributed by atoms with van der Waals surface area (Å²) >= 11 is 0. The molecule has 0 bridgehead atoms. The molecule has 0 radical (unpaired) electrons. The van der Waals surface area contributed by atoms with Crippen LogP contribution in [0, 0.1) is 5.92 Å². The molecule has 2 amide bonds. The molecule has 4 rings (SSSR count). The van der Waals surface area contributed by atoms with Crippen molar-refractivity contribution in [2.75, 3.05) is 19.6 Å². The summed E-state index contributed by atoms with van der Waals surface area (Å²) in [5.41, 5.74) is 3.26. The molecule has 1 aliphatic heterocycles. The number of pyridine rings is 1. The number of aromatic nitrogens is 1. The third-order valence-corrected chi connectivity index (χ3v) is 6.20. The van der Waals surface area contributed by atoms with Crippen LogP contribution in [0.3, 0.4) is 0 Å². The summed E-state index contributed by atoms with van der Waals surface area (Å²) in [6.45, 7) is 5.43. The topological polar surface area (TPSA) is 53.5 Å². The summed E-state index contributed by atoms with van der Waals surface area (Å²) < 4.78 is 0. The van der Waals surface area contributed by atoms with E-state index in [1.165, 1.54) is 0 Å². The fourth-order valence-corrected chi connectivity index (χ4v) is 4.48. The number of carbonyl (C=O) groups excluding carboxylic acids is 2. The van der Waals surface area contributed by atoms with Crippen molar-refractivity contribution in [3.05, 3.63) is 79.2 Å². The standard InChI is InChI=1S/C26H29N3O2/c1-2-15-28-16-17-29(25(30)19-20-5-3-4-6-20)24(26(28)31)18-21-7-9-22(10-8-21)23-11-13-27-14-12-23/h2-3,5,7-14,20,24H,1,4,6,15-19H2/t20-,24+/m1/s1. The minimum atomic E-state index is -0.460. The second kappa shape index (κ2) is 9.73. The van der Waals surface area contributed by atoms with Crippen LogP contribution in [0.2, 0.25) is 0 Å². The Bertz CT molecular complexity index is 952. The van der Waals surface area contributed by atoms with Gasteiger partial charge in [0.2, 0.25) is 11.8 Å². The van der Waals surface area contributed by atoms with E-state index in [4.69, 9.17) is 0 Å². The molecule has 5 heteroatoms. The number of nitrogens with zero attached hydrogens (tertiary/aromatic N) is 3. The van der Waals surface area contributed by atoms with Crippen molar-refractivity contribution in [3.63, 3.8) is 0 Å². The Hall–Kier alpha value is -3.21. The van der Waals surface area contributed by atoms with E-state index < -0.39 is 6.04 Å². The zero-order chi connectivity index (χ0) is 21.6. The largest absolute Gasteiger partial charge is 0.335 e. The Balaban J connectivity index is 1.51. The molecule has 1 aliphatic carbocycles. The van der Waals surface area contributed by atoms with Gasteiger partial charge in [-0.2, -0.15) is 0 Å². The van der Waals surface area contributed by atoms with Crippen molar-refractivity contribution in [2.24, 2.45) is 5.92 Å². The van der Waals surface area contributed by atoms with Crippen LogP contribution in [0.25, 0.3) is 11.1 Å². The third-order valence-electron chi connectivity index (χ3n) is 6.20. The van der Waals surface area contributed by atoms with Gasteiger partial charge in [0, 0.05) is 44.9 Å². The molecule has 0 N–H and O–H groups in total. The van der Waals surface area contributed by atoms with Crippen LogP contribution in [0.1, 0.15) is 24.8 Å². The van der Waals surface area contributed by atoms with E-state index in [2.05, 4.69) is 48.0 Å². The lowest BCUT2D eigenvalue weighted by atomic mass is 9.97. The maximum atomic E-state index is 13.2. The lowest BCUT2D eigenvalue weighted by molar-refractivity contribution is -0.151. The van der Waals surface area contributed by atoms with Gasteiger partial charge in [0.05, 0.1) is 0 Å². The molecule has 0 saturated carbocycles. The van der Waals surface area contributed by atoms with Crippen molar-refractivity contribution >= 4 is 11.8 Å². The number of carbonyl (C=O) groups is 2. The Morgan fingerprint density at radius 2 is 1.84 bits per heavy atom. The molecule has 1 saturated heterocycles. The molecule has 2 aromatic rings. The van der Waals surface area contributed by atoms with Crippen LogP contribution >= 0.6 is 0 Å². The zero-order valence-corrected chi connectivity index (χ0v) is 17.8. The number of piperazine rings is 1.